The van der Waals surface area contributed by atoms with Gasteiger partial charge in [0.25, 0.3) is 5.91 Å². The first kappa shape index (κ1) is 24.6. The average molecular weight is 484 g/mol. The Kier molecular flexibility index (Phi) is 7.40. The van der Waals surface area contributed by atoms with E-state index < -0.39 is 5.91 Å². The SMILES string of the molecule is CCCn1c(C)cc(/C=C(/C#N)C(=O)Nc2ccc(OC)c(OCc3cn4ccccc4n3)c2)c1C. The van der Waals surface area contributed by atoms with Crippen LogP contribution in [-0.2, 0) is 17.9 Å². The standard InChI is InChI=1S/C28H29N5O3/c1-5-11-33-19(2)13-21(20(33)3)14-22(16-29)28(34)31-23-9-10-25(35-4)26(15-23)36-18-24-17-32-12-7-6-8-27(32)30-24/h6-10,12-15,17H,5,11,18H2,1-4H3,(H,31,34)/b22-14-. The molecule has 0 atom stereocenters. The van der Waals surface area contributed by atoms with E-state index in [2.05, 4.69) is 21.8 Å². The molecule has 8 heteroatoms. The van der Waals surface area contributed by atoms with Gasteiger partial charge in [0, 0.05) is 42.1 Å². The third kappa shape index (κ3) is 5.26. The predicted octanol–water partition coefficient (Wildman–Crippen LogP) is 5.30. The Morgan fingerprint density at radius 1 is 1.19 bits per heavy atom. The molecule has 1 aromatic carbocycles. The lowest BCUT2D eigenvalue weighted by molar-refractivity contribution is -0.112. The highest BCUT2D eigenvalue weighted by molar-refractivity contribution is 6.09. The number of methoxy groups -OCH3 is 1. The number of aromatic nitrogens is 3. The van der Waals surface area contributed by atoms with Crippen LogP contribution in [0.3, 0.4) is 0 Å². The Balaban J connectivity index is 1.51. The van der Waals surface area contributed by atoms with E-state index in [0.717, 1.165) is 41.3 Å². The number of rotatable bonds is 9. The summed E-state index contributed by atoms with van der Waals surface area (Å²) in [5.41, 5.74) is 5.09. The van der Waals surface area contributed by atoms with Crippen LogP contribution in [0.25, 0.3) is 11.7 Å². The molecular formula is C28H29N5O3. The summed E-state index contributed by atoms with van der Waals surface area (Å²) in [7, 11) is 1.55. The first-order valence-corrected chi connectivity index (χ1v) is 11.8. The number of nitrogens with one attached hydrogen (secondary N) is 1. The molecule has 4 aromatic rings. The van der Waals surface area contributed by atoms with Crippen LogP contribution in [-0.4, -0.2) is 27.0 Å². The second kappa shape index (κ2) is 10.8. The van der Waals surface area contributed by atoms with Gasteiger partial charge in [-0.2, -0.15) is 5.26 Å². The predicted molar refractivity (Wildman–Crippen MR) is 139 cm³/mol. The number of aryl methyl sites for hydroxylation is 1. The first-order valence-electron chi connectivity index (χ1n) is 11.8. The molecule has 0 radical (unpaired) electrons. The maximum atomic E-state index is 12.9. The number of amides is 1. The van der Waals surface area contributed by atoms with Gasteiger partial charge in [0.2, 0.25) is 0 Å². The van der Waals surface area contributed by atoms with E-state index in [9.17, 15) is 10.1 Å². The zero-order chi connectivity index (χ0) is 25.7. The van der Waals surface area contributed by atoms with E-state index in [1.165, 1.54) is 0 Å². The van der Waals surface area contributed by atoms with Crippen molar-refractivity contribution >= 4 is 23.3 Å². The number of imidazole rings is 1. The van der Waals surface area contributed by atoms with Crippen LogP contribution < -0.4 is 14.8 Å². The van der Waals surface area contributed by atoms with Crippen molar-refractivity contribution < 1.29 is 14.3 Å². The lowest BCUT2D eigenvalue weighted by Crippen LogP contribution is -2.13. The molecule has 1 amide bonds. The van der Waals surface area contributed by atoms with E-state index in [-0.39, 0.29) is 12.2 Å². The fourth-order valence-corrected chi connectivity index (χ4v) is 4.12. The van der Waals surface area contributed by atoms with Gasteiger partial charge in [-0.25, -0.2) is 4.98 Å². The highest BCUT2D eigenvalue weighted by Crippen LogP contribution is 2.31. The summed E-state index contributed by atoms with van der Waals surface area (Å²) in [6, 6.07) is 14.9. The number of pyridine rings is 1. The van der Waals surface area contributed by atoms with E-state index in [1.54, 1.807) is 31.4 Å². The zero-order valence-electron chi connectivity index (χ0n) is 20.9. The number of hydrogen-bond donors (Lipinski definition) is 1. The molecule has 0 bridgehead atoms. The minimum Gasteiger partial charge on any atom is -0.493 e. The number of benzene rings is 1. The molecule has 3 aromatic heterocycles. The number of carbonyl (C=O) groups is 1. The smallest absolute Gasteiger partial charge is 0.266 e. The Labute approximate surface area is 210 Å². The van der Waals surface area contributed by atoms with Gasteiger partial charge in [0.05, 0.1) is 12.8 Å². The third-order valence-corrected chi connectivity index (χ3v) is 5.94. The van der Waals surface area contributed by atoms with Crippen molar-refractivity contribution in [3.8, 4) is 17.6 Å². The maximum absolute atomic E-state index is 12.9. The summed E-state index contributed by atoms with van der Waals surface area (Å²) in [6.45, 7) is 7.26. The van der Waals surface area contributed by atoms with E-state index in [1.807, 2.05) is 61.0 Å². The molecule has 0 aliphatic heterocycles. The number of nitriles is 1. The van der Waals surface area contributed by atoms with Crippen molar-refractivity contribution in [1.29, 1.82) is 5.26 Å². The summed E-state index contributed by atoms with van der Waals surface area (Å²) in [5.74, 6) is 0.489. The van der Waals surface area contributed by atoms with Gasteiger partial charge in [-0.3, -0.25) is 4.79 Å². The molecule has 0 fully saturated rings. The van der Waals surface area contributed by atoms with Crippen molar-refractivity contribution in [3.63, 3.8) is 0 Å². The normalized spacial score (nSPS) is 11.4. The first-order chi connectivity index (χ1) is 17.4. The molecule has 0 spiro atoms. The van der Waals surface area contributed by atoms with E-state index in [4.69, 9.17) is 9.47 Å². The molecule has 4 rings (SSSR count). The summed E-state index contributed by atoms with van der Waals surface area (Å²) >= 11 is 0. The highest BCUT2D eigenvalue weighted by Gasteiger charge is 2.15. The minimum atomic E-state index is -0.491. The number of fused-ring (bicyclic) bond motifs is 1. The summed E-state index contributed by atoms with van der Waals surface area (Å²) in [4.78, 5) is 17.5. The van der Waals surface area contributed by atoms with Gasteiger partial charge in [0.1, 0.15) is 23.9 Å². The Hall–Kier alpha value is -4.51. The van der Waals surface area contributed by atoms with Gasteiger partial charge in [-0.05, 0) is 62.2 Å². The van der Waals surface area contributed by atoms with Crippen LogP contribution in [0.1, 0.15) is 36.0 Å². The third-order valence-electron chi connectivity index (χ3n) is 5.94. The highest BCUT2D eigenvalue weighted by atomic mass is 16.5. The molecule has 0 unspecified atom stereocenters. The molecule has 3 heterocycles. The van der Waals surface area contributed by atoms with Crippen LogP contribution in [0, 0.1) is 25.2 Å². The Morgan fingerprint density at radius 2 is 2.03 bits per heavy atom. The molecule has 0 aliphatic rings. The van der Waals surface area contributed by atoms with Gasteiger partial charge in [-0.15, -0.1) is 0 Å². The van der Waals surface area contributed by atoms with Crippen molar-refractivity contribution in [3.05, 3.63) is 83.1 Å². The van der Waals surface area contributed by atoms with Crippen molar-refractivity contribution in [2.45, 2.75) is 40.3 Å². The number of anilines is 1. The summed E-state index contributed by atoms with van der Waals surface area (Å²) in [6.07, 6.45) is 6.46. The molecule has 8 nitrogen and oxygen atoms in total. The molecule has 184 valence electrons. The fourth-order valence-electron chi connectivity index (χ4n) is 4.12. The summed E-state index contributed by atoms with van der Waals surface area (Å²) < 4.78 is 15.5. The fraction of sp³-hybridized carbons (Fsp3) is 0.250. The molecule has 0 aliphatic carbocycles. The quantitative estimate of drug-likeness (QED) is 0.258. The largest absolute Gasteiger partial charge is 0.493 e. The van der Waals surface area contributed by atoms with Gasteiger partial charge >= 0.3 is 0 Å². The summed E-state index contributed by atoms with van der Waals surface area (Å²) in [5, 5.41) is 12.5. The van der Waals surface area contributed by atoms with Crippen molar-refractivity contribution in [2.24, 2.45) is 0 Å². The number of hydrogen-bond acceptors (Lipinski definition) is 5. The molecule has 0 saturated carbocycles. The Bertz CT molecular complexity index is 1440. The molecule has 0 saturated heterocycles. The van der Waals surface area contributed by atoms with Crippen molar-refractivity contribution in [1.82, 2.24) is 14.0 Å². The lowest BCUT2D eigenvalue weighted by atomic mass is 10.1. The monoisotopic (exact) mass is 483 g/mol. The van der Waals surface area contributed by atoms with Crippen LogP contribution >= 0.6 is 0 Å². The van der Waals surface area contributed by atoms with E-state index >= 15 is 0 Å². The second-order valence-electron chi connectivity index (χ2n) is 8.45. The van der Waals surface area contributed by atoms with Crippen LogP contribution in [0.2, 0.25) is 0 Å². The van der Waals surface area contributed by atoms with Gasteiger partial charge in [0.15, 0.2) is 11.5 Å². The van der Waals surface area contributed by atoms with Crippen LogP contribution in [0.5, 0.6) is 11.5 Å². The minimum absolute atomic E-state index is 0.0229. The van der Waals surface area contributed by atoms with E-state index in [0.29, 0.717) is 17.2 Å². The van der Waals surface area contributed by atoms with Gasteiger partial charge < -0.3 is 23.8 Å². The molecule has 1 N–H and O–H groups in total. The van der Waals surface area contributed by atoms with Crippen molar-refractivity contribution in [2.75, 3.05) is 12.4 Å². The zero-order valence-corrected chi connectivity index (χ0v) is 20.9. The average Bonchev–Trinajstić information content (AvgIpc) is 3.41. The molecule has 36 heavy (non-hydrogen) atoms. The number of carbonyl (C=O) groups excluding carboxylic acids is 1. The lowest BCUT2D eigenvalue weighted by Gasteiger charge is -2.12. The van der Waals surface area contributed by atoms with Crippen LogP contribution in [0.4, 0.5) is 5.69 Å². The number of ether oxygens (including phenoxy) is 2. The maximum Gasteiger partial charge on any atom is 0.266 e. The van der Waals surface area contributed by atoms with Gasteiger partial charge in [-0.1, -0.05) is 13.0 Å². The Morgan fingerprint density at radius 3 is 2.75 bits per heavy atom. The number of nitrogens with zero attached hydrogens (tertiary/aromatic N) is 4. The van der Waals surface area contributed by atoms with Crippen LogP contribution in [0.15, 0.2) is 60.4 Å². The topological polar surface area (TPSA) is 93.6 Å². The second-order valence-corrected chi connectivity index (χ2v) is 8.45. The molecular weight excluding hydrogens is 454 g/mol.